The predicted octanol–water partition coefficient (Wildman–Crippen LogP) is 2.75. The van der Waals surface area contributed by atoms with Gasteiger partial charge in [0.1, 0.15) is 10.7 Å². The monoisotopic (exact) mass is 269 g/mol. The topological polar surface area (TPSA) is 47.8 Å². The van der Waals surface area contributed by atoms with Crippen molar-refractivity contribution in [1.82, 2.24) is 14.5 Å². The number of aromatic nitrogens is 3. The highest BCUT2D eigenvalue weighted by molar-refractivity contribution is 7.98. The van der Waals surface area contributed by atoms with Crippen molar-refractivity contribution in [3.8, 4) is 0 Å². The highest BCUT2D eigenvalue weighted by atomic mass is 35.5. The number of hydrogen-bond donors (Lipinski definition) is 0. The lowest BCUT2D eigenvalue weighted by molar-refractivity contribution is 0.593. The zero-order chi connectivity index (χ0) is 12.6. The van der Waals surface area contributed by atoms with E-state index in [-0.39, 0.29) is 16.6 Å². The van der Waals surface area contributed by atoms with E-state index in [4.69, 9.17) is 11.6 Å². The van der Waals surface area contributed by atoms with Crippen LogP contribution >= 0.6 is 23.4 Å². The Hall–Kier alpha value is -1.07. The lowest BCUT2D eigenvalue weighted by Crippen LogP contribution is -2.23. The number of thioether (sulfide) groups is 1. The molecule has 2 aromatic rings. The van der Waals surface area contributed by atoms with Crippen LogP contribution in [0.2, 0.25) is 5.02 Å². The van der Waals surface area contributed by atoms with Crippen LogP contribution in [0.15, 0.2) is 22.2 Å². The van der Waals surface area contributed by atoms with Crippen LogP contribution in [0.5, 0.6) is 0 Å². The van der Waals surface area contributed by atoms with Gasteiger partial charge in [0.2, 0.25) is 0 Å². The first-order valence-electron chi connectivity index (χ1n) is 5.16. The molecule has 0 unspecified atom stereocenters. The largest absolute Gasteiger partial charge is 0.289 e. The summed E-state index contributed by atoms with van der Waals surface area (Å²) in [7, 11) is 0. The van der Waals surface area contributed by atoms with Gasteiger partial charge in [0.05, 0.1) is 0 Å². The lowest BCUT2D eigenvalue weighted by atomic mass is 10.3. The molecule has 0 saturated heterocycles. The third-order valence-electron chi connectivity index (χ3n) is 2.41. The molecule has 0 atom stereocenters. The molecule has 0 fully saturated rings. The molecule has 0 spiro atoms. The minimum absolute atomic E-state index is 0.00769. The summed E-state index contributed by atoms with van der Waals surface area (Å²) in [5.74, 6) is 0. The van der Waals surface area contributed by atoms with Gasteiger partial charge in [-0.25, -0.2) is 9.97 Å². The van der Waals surface area contributed by atoms with E-state index >= 15 is 0 Å². The zero-order valence-electron chi connectivity index (χ0n) is 9.77. The van der Waals surface area contributed by atoms with Crippen LogP contribution in [-0.4, -0.2) is 20.8 Å². The van der Waals surface area contributed by atoms with Gasteiger partial charge in [0.25, 0.3) is 5.56 Å². The molecule has 0 saturated carbocycles. The van der Waals surface area contributed by atoms with Crippen molar-refractivity contribution in [2.24, 2.45) is 0 Å². The Labute approximate surface area is 108 Å². The number of rotatable bonds is 2. The Balaban J connectivity index is 2.89. The molecule has 0 radical (unpaired) electrons. The molecule has 0 N–H and O–H groups in total. The summed E-state index contributed by atoms with van der Waals surface area (Å²) in [6.45, 7) is 3.86. The third-order valence-corrected chi connectivity index (χ3v) is 3.24. The van der Waals surface area contributed by atoms with Crippen LogP contribution in [0, 0.1) is 0 Å². The molecule has 2 aromatic heterocycles. The maximum atomic E-state index is 12.0. The predicted molar refractivity (Wildman–Crippen MR) is 71.0 cm³/mol. The molecular weight excluding hydrogens is 258 g/mol. The minimum atomic E-state index is -0.208. The quantitative estimate of drug-likeness (QED) is 0.621. The number of fused-ring (bicyclic) bond motifs is 1. The molecule has 0 aliphatic carbocycles. The molecule has 2 rings (SSSR count). The first-order valence-corrected chi connectivity index (χ1v) is 6.76. The fraction of sp³-hybridized carbons (Fsp3) is 0.364. The Kier molecular flexibility index (Phi) is 3.40. The smallest absolute Gasteiger partial charge is 0.271 e. The van der Waals surface area contributed by atoms with E-state index in [1.807, 2.05) is 20.1 Å². The van der Waals surface area contributed by atoms with E-state index in [1.54, 1.807) is 16.8 Å². The summed E-state index contributed by atoms with van der Waals surface area (Å²) in [6, 6.07) is 1.62. The molecule has 0 bridgehead atoms. The Bertz CT molecular complexity index is 624. The summed E-state index contributed by atoms with van der Waals surface area (Å²) in [4.78, 5) is 20.5. The van der Waals surface area contributed by atoms with Gasteiger partial charge in [-0.1, -0.05) is 23.4 Å². The van der Waals surface area contributed by atoms with Gasteiger partial charge in [-0.15, -0.1) is 0 Å². The molecular formula is C11H12ClN3OS. The molecule has 17 heavy (non-hydrogen) atoms. The van der Waals surface area contributed by atoms with Crippen molar-refractivity contribution < 1.29 is 0 Å². The Morgan fingerprint density at radius 3 is 2.76 bits per heavy atom. The minimum Gasteiger partial charge on any atom is -0.289 e. The maximum absolute atomic E-state index is 12.0. The summed E-state index contributed by atoms with van der Waals surface area (Å²) in [5.41, 5.74) is 0.425. The molecule has 0 aromatic carbocycles. The number of hydrogen-bond acceptors (Lipinski definition) is 4. The second-order valence-corrected chi connectivity index (χ2v) is 5.08. The number of nitrogens with zero attached hydrogens (tertiary/aromatic N) is 3. The Morgan fingerprint density at radius 2 is 2.18 bits per heavy atom. The van der Waals surface area contributed by atoms with Gasteiger partial charge in [-0.05, 0) is 26.2 Å². The van der Waals surface area contributed by atoms with E-state index in [2.05, 4.69) is 9.97 Å². The van der Waals surface area contributed by atoms with Crippen molar-refractivity contribution in [3.63, 3.8) is 0 Å². The normalized spacial score (nSPS) is 11.4. The van der Waals surface area contributed by atoms with Gasteiger partial charge < -0.3 is 0 Å². The number of pyridine rings is 1. The van der Waals surface area contributed by atoms with Crippen molar-refractivity contribution in [1.29, 1.82) is 0 Å². The molecule has 90 valence electrons. The lowest BCUT2D eigenvalue weighted by Gasteiger charge is -2.13. The van der Waals surface area contributed by atoms with Crippen molar-refractivity contribution in [2.75, 3.05) is 6.26 Å². The molecule has 0 amide bonds. The van der Waals surface area contributed by atoms with E-state index < -0.39 is 0 Å². The summed E-state index contributed by atoms with van der Waals surface area (Å²) in [6.07, 6.45) is 3.59. The van der Waals surface area contributed by atoms with Crippen LogP contribution in [0.1, 0.15) is 19.9 Å². The van der Waals surface area contributed by atoms with Crippen LogP contribution in [-0.2, 0) is 0 Å². The van der Waals surface area contributed by atoms with Crippen molar-refractivity contribution in [3.05, 3.63) is 27.6 Å². The molecule has 2 heterocycles. The SMILES string of the molecule is CSc1ncc2cc(Cl)c(=O)n(C(C)C)c2n1. The second kappa shape index (κ2) is 4.66. The average molecular weight is 270 g/mol. The van der Waals surface area contributed by atoms with Crippen LogP contribution in [0.25, 0.3) is 11.0 Å². The summed E-state index contributed by atoms with van der Waals surface area (Å²) in [5, 5.41) is 1.63. The average Bonchev–Trinajstić information content (AvgIpc) is 2.29. The molecule has 6 heteroatoms. The highest BCUT2D eigenvalue weighted by Crippen LogP contribution is 2.19. The number of halogens is 1. The van der Waals surface area contributed by atoms with E-state index in [0.717, 1.165) is 5.39 Å². The van der Waals surface area contributed by atoms with Gasteiger partial charge in [0.15, 0.2) is 5.16 Å². The first kappa shape index (κ1) is 12.4. The highest BCUT2D eigenvalue weighted by Gasteiger charge is 2.12. The fourth-order valence-electron chi connectivity index (χ4n) is 1.65. The fourth-order valence-corrected chi connectivity index (χ4v) is 2.19. The molecule has 4 nitrogen and oxygen atoms in total. The van der Waals surface area contributed by atoms with E-state index in [9.17, 15) is 4.79 Å². The summed E-state index contributed by atoms with van der Waals surface area (Å²) >= 11 is 7.36. The van der Waals surface area contributed by atoms with Crippen LogP contribution in [0.3, 0.4) is 0 Å². The molecule has 0 aliphatic heterocycles. The standard InChI is InChI=1S/C11H12ClN3OS/c1-6(2)15-9-7(4-8(12)10(15)16)5-13-11(14-9)17-3/h4-6H,1-3H3. The van der Waals surface area contributed by atoms with Crippen molar-refractivity contribution >= 4 is 34.4 Å². The van der Waals surface area contributed by atoms with Gasteiger partial charge >= 0.3 is 0 Å². The maximum Gasteiger partial charge on any atom is 0.271 e. The van der Waals surface area contributed by atoms with Gasteiger partial charge in [-0.3, -0.25) is 9.36 Å². The molecule has 0 aliphatic rings. The van der Waals surface area contributed by atoms with E-state index in [0.29, 0.717) is 10.8 Å². The second-order valence-electron chi connectivity index (χ2n) is 3.90. The first-order chi connectivity index (χ1) is 8.04. The Morgan fingerprint density at radius 1 is 1.47 bits per heavy atom. The van der Waals surface area contributed by atoms with Gasteiger partial charge in [0, 0.05) is 17.6 Å². The van der Waals surface area contributed by atoms with Crippen molar-refractivity contribution in [2.45, 2.75) is 25.0 Å². The third kappa shape index (κ3) is 2.17. The van der Waals surface area contributed by atoms with E-state index in [1.165, 1.54) is 11.8 Å². The zero-order valence-corrected chi connectivity index (χ0v) is 11.3. The van der Waals surface area contributed by atoms with Crippen LogP contribution < -0.4 is 5.56 Å². The van der Waals surface area contributed by atoms with Crippen LogP contribution in [0.4, 0.5) is 0 Å². The van der Waals surface area contributed by atoms with Gasteiger partial charge in [-0.2, -0.15) is 0 Å². The summed E-state index contributed by atoms with van der Waals surface area (Å²) < 4.78 is 1.60.